The lowest BCUT2D eigenvalue weighted by molar-refractivity contribution is 0.0600. The van der Waals surface area contributed by atoms with Gasteiger partial charge < -0.3 is 9.47 Å². The summed E-state index contributed by atoms with van der Waals surface area (Å²) in [5.74, 6) is 0.332. The molecule has 6 nitrogen and oxygen atoms in total. The topological polar surface area (TPSA) is 72.8 Å². The Balaban J connectivity index is 1.45. The van der Waals surface area contributed by atoms with E-state index in [-0.39, 0.29) is 5.97 Å². The van der Waals surface area contributed by atoms with E-state index in [1.807, 2.05) is 60.7 Å². The molecule has 160 valence electrons. The number of para-hydroxylation sites is 1. The van der Waals surface area contributed by atoms with Crippen LogP contribution in [0.25, 0.3) is 10.9 Å². The molecule has 7 heteroatoms. The largest absolute Gasteiger partial charge is 0.488 e. The van der Waals surface area contributed by atoms with Crippen LogP contribution in [0.3, 0.4) is 0 Å². The summed E-state index contributed by atoms with van der Waals surface area (Å²) in [5, 5.41) is 5.93. The number of halogens is 1. The number of nitrogens with one attached hydrogen (secondary N) is 1. The Hall–Kier alpha value is -3.90. The first kappa shape index (κ1) is 21.3. The van der Waals surface area contributed by atoms with Crippen LogP contribution in [0.4, 0.5) is 5.69 Å². The van der Waals surface area contributed by atoms with Crippen molar-refractivity contribution in [2.24, 2.45) is 5.10 Å². The second-order valence-corrected chi connectivity index (χ2v) is 7.34. The van der Waals surface area contributed by atoms with Crippen molar-refractivity contribution in [1.29, 1.82) is 0 Å². The number of methoxy groups -OCH3 is 1. The number of hydrogen-bond donors (Lipinski definition) is 1. The summed E-state index contributed by atoms with van der Waals surface area (Å²) >= 11 is 6.05. The zero-order valence-electron chi connectivity index (χ0n) is 17.3. The van der Waals surface area contributed by atoms with Gasteiger partial charge in [-0.3, -0.25) is 10.4 Å². The lowest BCUT2D eigenvalue weighted by Gasteiger charge is -2.10. The van der Waals surface area contributed by atoms with Gasteiger partial charge in [-0.05, 0) is 54.1 Å². The molecule has 0 spiro atoms. The van der Waals surface area contributed by atoms with Crippen molar-refractivity contribution in [2.45, 2.75) is 6.61 Å². The highest BCUT2D eigenvalue weighted by atomic mass is 35.5. The van der Waals surface area contributed by atoms with Crippen molar-refractivity contribution in [3.8, 4) is 5.75 Å². The van der Waals surface area contributed by atoms with Crippen molar-refractivity contribution < 1.29 is 14.3 Å². The number of carbonyl (C=O) groups is 1. The summed E-state index contributed by atoms with van der Waals surface area (Å²) in [6.07, 6.45) is 3.41. The Morgan fingerprint density at radius 2 is 1.91 bits per heavy atom. The Labute approximate surface area is 190 Å². The molecule has 0 fully saturated rings. The number of ether oxygens (including phenoxy) is 2. The number of aromatic nitrogens is 1. The van der Waals surface area contributed by atoms with Gasteiger partial charge in [0, 0.05) is 22.2 Å². The second kappa shape index (κ2) is 9.94. The average Bonchev–Trinajstić information content (AvgIpc) is 2.83. The Morgan fingerprint density at radius 1 is 1.09 bits per heavy atom. The first-order chi connectivity index (χ1) is 15.6. The van der Waals surface area contributed by atoms with Gasteiger partial charge in [0.15, 0.2) is 0 Å². The molecule has 3 aromatic carbocycles. The van der Waals surface area contributed by atoms with Crippen LogP contribution in [-0.4, -0.2) is 24.3 Å². The predicted octanol–water partition coefficient (Wildman–Crippen LogP) is 5.70. The molecule has 0 saturated heterocycles. The summed E-state index contributed by atoms with van der Waals surface area (Å²) in [5.41, 5.74) is 6.95. The van der Waals surface area contributed by atoms with Crippen molar-refractivity contribution in [1.82, 2.24) is 4.98 Å². The number of esters is 1. The van der Waals surface area contributed by atoms with Gasteiger partial charge in [0.05, 0.1) is 30.1 Å². The van der Waals surface area contributed by atoms with Gasteiger partial charge >= 0.3 is 5.97 Å². The third-order valence-corrected chi connectivity index (χ3v) is 5.02. The fourth-order valence-electron chi connectivity index (χ4n) is 3.12. The zero-order valence-corrected chi connectivity index (χ0v) is 18.0. The molecular weight excluding hydrogens is 426 g/mol. The standard InChI is InChI=1S/C25H20ClN3O3/c1-31-25(30)18-8-6-17(7-9-18)16-32-24-5-3-2-4-19(24)15-28-29-22-12-13-27-23-14-20(26)10-11-21(22)23/h2-15H,16H2,1H3,(H,27,29)/b28-15+. The Kier molecular flexibility index (Phi) is 6.63. The summed E-state index contributed by atoms with van der Waals surface area (Å²) in [6.45, 7) is 0.357. The Bertz CT molecular complexity index is 1270. The summed E-state index contributed by atoms with van der Waals surface area (Å²) in [4.78, 5) is 15.9. The van der Waals surface area contributed by atoms with E-state index in [2.05, 4.69) is 15.5 Å². The van der Waals surface area contributed by atoms with E-state index in [9.17, 15) is 4.79 Å². The minimum atomic E-state index is -0.364. The highest BCUT2D eigenvalue weighted by Gasteiger charge is 2.06. The minimum absolute atomic E-state index is 0.357. The fourth-order valence-corrected chi connectivity index (χ4v) is 3.29. The van der Waals surface area contributed by atoms with Crippen molar-refractivity contribution in [3.63, 3.8) is 0 Å². The number of carbonyl (C=O) groups excluding carboxylic acids is 1. The third kappa shape index (κ3) is 5.04. The molecule has 32 heavy (non-hydrogen) atoms. The number of hydrazone groups is 1. The molecule has 1 aromatic heterocycles. The van der Waals surface area contributed by atoms with Crippen LogP contribution < -0.4 is 10.2 Å². The van der Waals surface area contributed by atoms with E-state index in [0.717, 1.165) is 27.7 Å². The molecule has 1 heterocycles. The first-order valence-corrected chi connectivity index (χ1v) is 10.2. The number of benzene rings is 3. The van der Waals surface area contributed by atoms with Crippen molar-refractivity contribution >= 4 is 40.4 Å². The maximum Gasteiger partial charge on any atom is 0.337 e. The average molecular weight is 446 g/mol. The van der Waals surface area contributed by atoms with E-state index in [4.69, 9.17) is 21.1 Å². The van der Waals surface area contributed by atoms with Gasteiger partial charge in [0.2, 0.25) is 0 Å². The fraction of sp³-hybridized carbons (Fsp3) is 0.0800. The van der Waals surface area contributed by atoms with Gasteiger partial charge in [-0.2, -0.15) is 5.10 Å². The van der Waals surface area contributed by atoms with Gasteiger partial charge in [-0.25, -0.2) is 4.79 Å². The number of fused-ring (bicyclic) bond motifs is 1. The van der Waals surface area contributed by atoms with Crippen LogP contribution >= 0.6 is 11.6 Å². The normalized spacial score (nSPS) is 10.9. The molecule has 0 aliphatic rings. The van der Waals surface area contributed by atoms with Crippen LogP contribution in [0.2, 0.25) is 5.02 Å². The summed E-state index contributed by atoms with van der Waals surface area (Å²) in [6, 6.07) is 22.1. The summed E-state index contributed by atoms with van der Waals surface area (Å²) < 4.78 is 10.7. The number of pyridine rings is 1. The molecule has 0 atom stereocenters. The van der Waals surface area contributed by atoms with Crippen molar-refractivity contribution in [3.05, 3.63) is 101 Å². The van der Waals surface area contributed by atoms with E-state index >= 15 is 0 Å². The Morgan fingerprint density at radius 3 is 2.72 bits per heavy atom. The third-order valence-electron chi connectivity index (χ3n) is 4.78. The summed E-state index contributed by atoms with van der Waals surface area (Å²) in [7, 11) is 1.36. The number of hydrogen-bond acceptors (Lipinski definition) is 6. The molecule has 0 aliphatic heterocycles. The molecule has 4 rings (SSSR count). The lowest BCUT2D eigenvalue weighted by Crippen LogP contribution is -2.02. The highest BCUT2D eigenvalue weighted by molar-refractivity contribution is 6.31. The molecule has 0 amide bonds. The van der Waals surface area contributed by atoms with E-state index in [1.165, 1.54) is 7.11 Å². The van der Waals surface area contributed by atoms with Gasteiger partial charge in [-0.15, -0.1) is 0 Å². The maximum absolute atomic E-state index is 11.6. The monoisotopic (exact) mass is 445 g/mol. The van der Waals surface area contributed by atoms with E-state index < -0.39 is 0 Å². The first-order valence-electron chi connectivity index (χ1n) is 9.86. The highest BCUT2D eigenvalue weighted by Crippen LogP contribution is 2.24. The zero-order chi connectivity index (χ0) is 22.3. The number of rotatable bonds is 7. The van der Waals surface area contributed by atoms with Crippen LogP contribution in [0.1, 0.15) is 21.5 Å². The van der Waals surface area contributed by atoms with E-state index in [0.29, 0.717) is 22.9 Å². The van der Waals surface area contributed by atoms with Gasteiger partial charge in [0.1, 0.15) is 12.4 Å². The number of anilines is 1. The quantitative estimate of drug-likeness (QED) is 0.224. The van der Waals surface area contributed by atoms with Crippen molar-refractivity contribution in [2.75, 3.05) is 12.5 Å². The molecule has 0 radical (unpaired) electrons. The van der Waals surface area contributed by atoms with E-state index in [1.54, 1.807) is 24.5 Å². The van der Waals surface area contributed by atoms with Crippen LogP contribution in [0.15, 0.2) is 84.1 Å². The van der Waals surface area contributed by atoms with Crippen LogP contribution in [0.5, 0.6) is 5.75 Å². The molecule has 4 aromatic rings. The van der Waals surface area contributed by atoms with Gasteiger partial charge in [-0.1, -0.05) is 35.9 Å². The molecule has 0 unspecified atom stereocenters. The smallest absolute Gasteiger partial charge is 0.337 e. The molecular formula is C25H20ClN3O3. The predicted molar refractivity (Wildman–Crippen MR) is 127 cm³/mol. The van der Waals surface area contributed by atoms with Crippen LogP contribution in [0, 0.1) is 0 Å². The van der Waals surface area contributed by atoms with Gasteiger partial charge in [0.25, 0.3) is 0 Å². The maximum atomic E-state index is 11.6. The second-order valence-electron chi connectivity index (χ2n) is 6.90. The molecule has 1 N–H and O–H groups in total. The molecule has 0 bridgehead atoms. The minimum Gasteiger partial charge on any atom is -0.488 e. The molecule has 0 aliphatic carbocycles. The number of nitrogens with zero attached hydrogens (tertiary/aromatic N) is 2. The SMILES string of the molecule is COC(=O)c1ccc(COc2ccccc2/C=N/Nc2ccnc3cc(Cl)ccc23)cc1. The van der Waals surface area contributed by atoms with Crippen LogP contribution in [-0.2, 0) is 11.3 Å². The molecule has 0 saturated carbocycles. The lowest BCUT2D eigenvalue weighted by atomic mass is 10.1.